The number of nitrogens with zero attached hydrogens (tertiary/aromatic N) is 1. The molecule has 2 saturated heterocycles. The number of carbonyl (C=O) groups excluding carboxylic acids is 2. The van der Waals surface area contributed by atoms with Crippen molar-refractivity contribution in [3.63, 3.8) is 0 Å². The van der Waals surface area contributed by atoms with Crippen LogP contribution < -0.4 is 5.32 Å². The molecule has 2 fully saturated rings. The maximum Gasteiger partial charge on any atom is 0.248 e. The van der Waals surface area contributed by atoms with Crippen LogP contribution in [0.4, 0.5) is 0 Å². The van der Waals surface area contributed by atoms with Gasteiger partial charge >= 0.3 is 0 Å². The molecule has 2 aliphatic heterocycles. The summed E-state index contributed by atoms with van der Waals surface area (Å²) in [5.41, 5.74) is -0.820. The lowest BCUT2D eigenvalue weighted by molar-refractivity contribution is -0.157. The molecule has 2 heterocycles. The Labute approximate surface area is 121 Å². The first kappa shape index (κ1) is 15.3. The summed E-state index contributed by atoms with van der Waals surface area (Å²) in [6.07, 6.45) is 2.95. The van der Waals surface area contributed by atoms with Crippen molar-refractivity contribution < 1.29 is 14.3 Å². The van der Waals surface area contributed by atoms with Crippen LogP contribution in [0.25, 0.3) is 0 Å². The van der Waals surface area contributed by atoms with Gasteiger partial charge in [-0.3, -0.25) is 9.59 Å². The fraction of sp³-hybridized carbons (Fsp3) is 0.867. The molecule has 0 radical (unpaired) electrons. The van der Waals surface area contributed by atoms with E-state index in [1.807, 2.05) is 13.8 Å². The van der Waals surface area contributed by atoms with Gasteiger partial charge in [0.25, 0.3) is 0 Å². The van der Waals surface area contributed by atoms with Crippen LogP contribution in [0.15, 0.2) is 0 Å². The molecule has 5 heteroatoms. The highest BCUT2D eigenvalue weighted by Crippen LogP contribution is 2.26. The molecule has 2 rings (SSSR count). The molecule has 0 aromatic heterocycles. The summed E-state index contributed by atoms with van der Waals surface area (Å²) >= 11 is 0. The Morgan fingerprint density at radius 1 is 1.45 bits per heavy atom. The molecule has 5 nitrogen and oxygen atoms in total. The first-order chi connectivity index (χ1) is 9.36. The highest BCUT2D eigenvalue weighted by molar-refractivity contribution is 5.99. The summed E-state index contributed by atoms with van der Waals surface area (Å²) in [6, 6.07) is -0.371. The van der Waals surface area contributed by atoms with Gasteiger partial charge in [-0.15, -0.1) is 0 Å². The molecule has 114 valence electrons. The van der Waals surface area contributed by atoms with E-state index in [-0.39, 0.29) is 29.9 Å². The van der Waals surface area contributed by atoms with Gasteiger partial charge in [0, 0.05) is 13.2 Å². The lowest BCUT2D eigenvalue weighted by Crippen LogP contribution is -2.70. The van der Waals surface area contributed by atoms with Gasteiger partial charge in [-0.25, -0.2) is 0 Å². The zero-order valence-corrected chi connectivity index (χ0v) is 12.9. The molecule has 3 unspecified atom stereocenters. The lowest BCUT2D eigenvalue weighted by Gasteiger charge is -2.45. The predicted octanol–water partition coefficient (Wildman–Crippen LogP) is 1.32. The fourth-order valence-electron chi connectivity index (χ4n) is 3.06. The molecule has 0 aromatic carbocycles. The number of hydrogen-bond donors (Lipinski definition) is 1. The van der Waals surface area contributed by atoms with E-state index in [0.717, 1.165) is 25.9 Å². The van der Waals surface area contributed by atoms with E-state index in [0.29, 0.717) is 6.54 Å². The standard InChI is InChI=1S/C15H26N2O3/c1-5-10(2)12-13(18)16-15(3,4)14(19)17(12)9-11-7-6-8-20-11/h10-12H,5-9H2,1-4H3,(H,16,18). The zero-order valence-electron chi connectivity index (χ0n) is 12.9. The SMILES string of the molecule is CCC(C)C1C(=O)NC(C)(C)C(=O)N1CC1CCCO1. The van der Waals surface area contributed by atoms with Crippen molar-refractivity contribution in [1.82, 2.24) is 10.2 Å². The highest BCUT2D eigenvalue weighted by Gasteiger charge is 2.47. The van der Waals surface area contributed by atoms with Crippen LogP contribution in [-0.4, -0.2) is 47.6 Å². The number of carbonyl (C=O) groups is 2. The van der Waals surface area contributed by atoms with Crippen molar-refractivity contribution in [3.8, 4) is 0 Å². The van der Waals surface area contributed by atoms with Gasteiger partial charge in [-0.05, 0) is 32.6 Å². The molecule has 0 saturated carbocycles. The van der Waals surface area contributed by atoms with Gasteiger partial charge in [0.1, 0.15) is 11.6 Å². The second-order valence-corrected chi connectivity index (χ2v) is 6.54. The summed E-state index contributed by atoms with van der Waals surface area (Å²) in [5, 5.41) is 2.85. The van der Waals surface area contributed by atoms with Crippen molar-refractivity contribution in [2.24, 2.45) is 5.92 Å². The van der Waals surface area contributed by atoms with Crippen LogP contribution in [0.5, 0.6) is 0 Å². The van der Waals surface area contributed by atoms with Gasteiger partial charge in [0.15, 0.2) is 0 Å². The minimum absolute atomic E-state index is 0.00194. The molecule has 20 heavy (non-hydrogen) atoms. The van der Waals surface area contributed by atoms with Gasteiger partial charge in [-0.2, -0.15) is 0 Å². The van der Waals surface area contributed by atoms with E-state index in [1.165, 1.54) is 0 Å². The quantitative estimate of drug-likeness (QED) is 0.846. The van der Waals surface area contributed by atoms with E-state index in [9.17, 15) is 9.59 Å². The Balaban J connectivity index is 2.22. The maximum absolute atomic E-state index is 12.7. The Kier molecular flexibility index (Phi) is 4.37. The van der Waals surface area contributed by atoms with Crippen LogP contribution in [0.3, 0.4) is 0 Å². The smallest absolute Gasteiger partial charge is 0.248 e. The molecule has 3 atom stereocenters. The van der Waals surface area contributed by atoms with E-state index in [4.69, 9.17) is 4.74 Å². The zero-order chi connectivity index (χ0) is 14.9. The first-order valence-corrected chi connectivity index (χ1v) is 7.61. The topological polar surface area (TPSA) is 58.6 Å². The molecular weight excluding hydrogens is 256 g/mol. The third-order valence-corrected chi connectivity index (χ3v) is 4.44. The van der Waals surface area contributed by atoms with Crippen LogP contribution >= 0.6 is 0 Å². The Morgan fingerprint density at radius 3 is 2.70 bits per heavy atom. The molecular formula is C15H26N2O3. The summed E-state index contributed by atoms with van der Waals surface area (Å²) in [6.45, 7) is 8.90. The third kappa shape index (κ3) is 2.82. The molecule has 0 bridgehead atoms. The molecule has 0 aliphatic carbocycles. The summed E-state index contributed by atoms with van der Waals surface area (Å²) in [4.78, 5) is 26.8. The largest absolute Gasteiger partial charge is 0.376 e. The molecule has 2 aliphatic rings. The van der Waals surface area contributed by atoms with E-state index in [1.54, 1.807) is 18.7 Å². The number of nitrogens with one attached hydrogen (secondary N) is 1. The third-order valence-electron chi connectivity index (χ3n) is 4.44. The van der Waals surface area contributed by atoms with Crippen LogP contribution in [0.1, 0.15) is 47.0 Å². The fourth-order valence-corrected chi connectivity index (χ4v) is 3.06. The average Bonchev–Trinajstić information content (AvgIpc) is 2.87. The predicted molar refractivity (Wildman–Crippen MR) is 76.2 cm³/mol. The van der Waals surface area contributed by atoms with Gasteiger partial charge in [0.2, 0.25) is 11.8 Å². The van der Waals surface area contributed by atoms with Crippen molar-refractivity contribution in [1.29, 1.82) is 0 Å². The number of piperazine rings is 1. The second kappa shape index (κ2) is 5.72. The molecule has 1 N–H and O–H groups in total. The van der Waals surface area contributed by atoms with Crippen LogP contribution in [0.2, 0.25) is 0 Å². The number of hydrogen-bond acceptors (Lipinski definition) is 3. The Morgan fingerprint density at radius 2 is 2.15 bits per heavy atom. The molecule has 0 aromatic rings. The summed E-state index contributed by atoms with van der Waals surface area (Å²) in [7, 11) is 0. The van der Waals surface area contributed by atoms with E-state index < -0.39 is 5.54 Å². The van der Waals surface area contributed by atoms with Gasteiger partial charge in [-0.1, -0.05) is 20.3 Å². The number of rotatable bonds is 4. The van der Waals surface area contributed by atoms with E-state index >= 15 is 0 Å². The molecule has 0 spiro atoms. The average molecular weight is 282 g/mol. The highest BCUT2D eigenvalue weighted by atomic mass is 16.5. The van der Waals surface area contributed by atoms with Crippen LogP contribution in [-0.2, 0) is 14.3 Å². The van der Waals surface area contributed by atoms with Crippen molar-refractivity contribution >= 4 is 11.8 Å². The van der Waals surface area contributed by atoms with Gasteiger partial charge < -0.3 is 15.0 Å². The van der Waals surface area contributed by atoms with Crippen molar-refractivity contribution in [2.75, 3.05) is 13.2 Å². The minimum Gasteiger partial charge on any atom is -0.376 e. The number of ether oxygens (including phenoxy) is 1. The lowest BCUT2D eigenvalue weighted by atomic mass is 9.89. The normalized spacial score (nSPS) is 31.3. The van der Waals surface area contributed by atoms with Crippen molar-refractivity contribution in [3.05, 3.63) is 0 Å². The van der Waals surface area contributed by atoms with Gasteiger partial charge in [0.05, 0.1) is 6.10 Å². The van der Waals surface area contributed by atoms with Crippen molar-refractivity contribution in [2.45, 2.75) is 64.6 Å². The Bertz CT molecular complexity index is 389. The number of amides is 2. The first-order valence-electron chi connectivity index (χ1n) is 7.61. The second-order valence-electron chi connectivity index (χ2n) is 6.54. The van der Waals surface area contributed by atoms with E-state index in [2.05, 4.69) is 5.32 Å². The maximum atomic E-state index is 12.7. The summed E-state index contributed by atoms with van der Waals surface area (Å²) in [5.74, 6) is 0.108. The molecule has 2 amide bonds. The minimum atomic E-state index is -0.820. The monoisotopic (exact) mass is 282 g/mol. The van der Waals surface area contributed by atoms with Crippen LogP contribution in [0, 0.1) is 5.92 Å². The summed E-state index contributed by atoms with van der Waals surface area (Å²) < 4.78 is 5.64. The Hall–Kier alpha value is -1.10.